The first-order valence-electron chi connectivity index (χ1n) is 11.7. The first kappa shape index (κ1) is 24.2. The number of hydrogen-bond donors (Lipinski definition) is 6. The topological polar surface area (TPSA) is 166 Å². The van der Waals surface area contributed by atoms with E-state index in [0.29, 0.717) is 47.5 Å². The van der Waals surface area contributed by atoms with Gasteiger partial charge in [-0.15, -0.1) is 11.3 Å². The number of rotatable bonds is 7. The molecule has 4 heterocycles. The minimum Gasteiger partial charge on any atom is -0.396 e. The second-order valence-electron chi connectivity index (χ2n) is 9.41. The molecule has 5 atom stereocenters. The molecule has 0 bridgehead atoms. The molecule has 188 valence electrons. The van der Waals surface area contributed by atoms with E-state index >= 15 is 0 Å². The van der Waals surface area contributed by atoms with Crippen LogP contribution in [0.2, 0.25) is 0 Å². The van der Waals surface area contributed by atoms with Crippen molar-refractivity contribution in [3.63, 3.8) is 0 Å². The maximum atomic E-state index is 10.6. The van der Waals surface area contributed by atoms with Crippen molar-refractivity contribution in [2.75, 3.05) is 37.0 Å². The molecule has 5 rings (SSSR count). The van der Waals surface area contributed by atoms with Crippen molar-refractivity contribution in [3.05, 3.63) is 23.7 Å². The molecule has 1 unspecified atom stereocenters. The Labute approximate surface area is 206 Å². The van der Waals surface area contributed by atoms with Crippen LogP contribution in [0.5, 0.6) is 0 Å². The molecule has 1 aliphatic carbocycles. The number of anilines is 2. The number of aliphatic hydroxyl groups excluding tert-OH is 3. The Morgan fingerprint density at radius 1 is 1.17 bits per heavy atom. The number of thiazole rings is 1. The van der Waals surface area contributed by atoms with Crippen molar-refractivity contribution < 1.29 is 25.2 Å². The summed E-state index contributed by atoms with van der Waals surface area (Å²) in [5.74, 6) is 0.341. The molecule has 0 radical (unpaired) electrons. The lowest BCUT2D eigenvalue weighted by Gasteiger charge is -2.23. The van der Waals surface area contributed by atoms with Crippen molar-refractivity contribution >= 4 is 33.3 Å². The van der Waals surface area contributed by atoms with Crippen LogP contribution in [0, 0.1) is 19.8 Å². The molecule has 0 aromatic carbocycles. The fourth-order valence-corrected chi connectivity index (χ4v) is 5.82. The van der Waals surface area contributed by atoms with Crippen LogP contribution in [0.25, 0.3) is 20.8 Å². The van der Waals surface area contributed by atoms with Crippen molar-refractivity contribution in [3.8, 4) is 10.6 Å². The highest BCUT2D eigenvalue weighted by Gasteiger charge is 2.41. The van der Waals surface area contributed by atoms with Gasteiger partial charge in [-0.1, -0.05) is 0 Å². The van der Waals surface area contributed by atoms with Crippen LogP contribution in [-0.4, -0.2) is 90.6 Å². The van der Waals surface area contributed by atoms with Gasteiger partial charge in [-0.05, 0) is 26.3 Å². The van der Waals surface area contributed by atoms with Gasteiger partial charge in [0, 0.05) is 38.3 Å². The summed E-state index contributed by atoms with van der Waals surface area (Å²) in [7, 11) is 0. The molecular formula is C23H30N6O5S. The Kier molecular flexibility index (Phi) is 6.59. The van der Waals surface area contributed by atoms with E-state index in [9.17, 15) is 20.4 Å². The van der Waals surface area contributed by atoms with Crippen LogP contribution in [0.4, 0.5) is 11.8 Å². The lowest BCUT2D eigenvalue weighted by Crippen LogP contribution is -2.38. The average Bonchev–Trinajstić information content (AvgIpc) is 3.52. The molecule has 1 saturated heterocycles. The number of pyridine rings is 1. The van der Waals surface area contributed by atoms with E-state index in [1.165, 1.54) is 11.3 Å². The Balaban J connectivity index is 1.52. The highest BCUT2D eigenvalue weighted by Crippen LogP contribution is 2.38. The van der Waals surface area contributed by atoms with E-state index in [2.05, 4.69) is 25.6 Å². The van der Waals surface area contributed by atoms with Gasteiger partial charge < -0.3 is 35.8 Å². The normalized spacial score (nSPS) is 28.6. The minimum atomic E-state index is -1.06. The monoisotopic (exact) mass is 502 g/mol. The first-order chi connectivity index (χ1) is 16.8. The van der Waals surface area contributed by atoms with Gasteiger partial charge in [-0.3, -0.25) is 4.98 Å². The molecular weight excluding hydrogens is 472 g/mol. The molecule has 1 saturated carbocycles. The maximum Gasteiger partial charge on any atom is 0.225 e. The predicted molar refractivity (Wildman–Crippen MR) is 131 cm³/mol. The number of fused-ring (bicyclic) bond motifs is 1. The molecule has 2 fully saturated rings. The molecule has 12 heteroatoms. The van der Waals surface area contributed by atoms with Gasteiger partial charge in [0.25, 0.3) is 0 Å². The van der Waals surface area contributed by atoms with Gasteiger partial charge in [0.05, 0.1) is 40.4 Å². The zero-order valence-electron chi connectivity index (χ0n) is 19.6. The largest absolute Gasteiger partial charge is 0.396 e. The molecule has 11 nitrogen and oxygen atoms in total. The zero-order valence-corrected chi connectivity index (χ0v) is 20.4. The number of ether oxygens (including phenoxy) is 1. The molecule has 0 amide bonds. The van der Waals surface area contributed by atoms with Crippen molar-refractivity contribution in [2.45, 2.75) is 50.5 Å². The second kappa shape index (κ2) is 9.52. The van der Waals surface area contributed by atoms with E-state index < -0.39 is 29.8 Å². The lowest BCUT2D eigenvalue weighted by atomic mass is 10.0. The van der Waals surface area contributed by atoms with E-state index in [-0.39, 0.29) is 19.8 Å². The Morgan fingerprint density at radius 3 is 2.69 bits per heavy atom. The fourth-order valence-electron chi connectivity index (χ4n) is 4.71. The summed E-state index contributed by atoms with van der Waals surface area (Å²) >= 11 is 1.50. The number of aryl methyl sites for hydroxylation is 2. The van der Waals surface area contributed by atoms with Crippen LogP contribution in [0.15, 0.2) is 12.3 Å². The van der Waals surface area contributed by atoms with Gasteiger partial charge in [0.15, 0.2) is 0 Å². The van der Waals surface area contributed by atoms with Crippen molar-refractivity contribution in [1.29, 1.82) is 0 Å². The van der Waals surface area contributed by atoms with Crippen LogP contribution >= 0.6 is 11.3 Å². The number of aromatic nitrogens is 4. The molecule has 1 aliphatic heterocycles. The Morgan fingerprint density at radius 2 is 2.00 bits per heavy atom. The second-order valence-corrected chi connectivity index (χ2v) is 10.4. The fraction of sp³-hybridized carbons (Fsp3) is 0.565. The molecule has 2 aliphatic rings. The van der Waals surface area contributed by atoms with Crippen LogP contribution in [0.3, 0.4) is 0 Å². The molecule has 3 aromatic heterocycles. The van der Waals surface area contributed by atoms with Crippen LogP contribution in [-0.2, 0) is 4.74 Å². The zero-order chi connectivity index (χ0) is 24.7. The summed E-state index contributed by atoms with van der Waals surface area (Å²) in [6, 6.07) is 1.39. The van der Waals surface area contributed by atoms with Gasteiger partial charge in [-0.25, -0.2) is 9.97 Å². The van der Waals surface area contributed by atoms with E-state index in [4.69, 9.17) is 9.72 Å². The van der Waals surface area contributed by atoms with Gasteiger partial charge >= 0.3 is 0 Å². The quantitative estimate of drug-likeness (QED) is 0.271. The van der Waals surface area contributed by atoms with Crippen molar-refractivity contribution in [1.82, 2.24) is 19.9 Å². The van der Waals surface area contributed by atoms with Crippen molar-refractivity contribution in [2.24, 2.45) is 5.92 Å². The molecule has 0 spiro atoms. The van der Waals surface area contributed by atoms with Gasteiger partial charge in [0.2, 0.25) is 5.95 Å². The highest BCUT2D eigenvalue weighted by atomic mass is 32.1. The summed E-state index contributed by atoms with van der Waals surface area (Å²) in [6.07, 6.45) is 0.553. The third-order valence-corrected chi connectivity index (χ3v) is 7.85. The summed E-state index contributed by atoms with van der Waals surface area (Å²) < 4.78 is 6.30. The number of nitrogens with one attached hydrogen (secondary N) is 2. The van der Waals surface area contributed by atoms with Gasteiger partial charge in [-0.2, -0.15) is 4.98 Å². The highest BCUT2D eigenvalue weighted by molar-refractivity contribution is 7.21. The SMILES string of the molecule is Cc1nc(NCC2(O)CCOC2)nc(N[C@@H]2C[C@H](CO)[C@@H](O)[C@H]2O)c1-c1nc2c(C)nccc2s1. The third kappa shape index (κ3) is 4.69. The number of hydrogen-bond acceptors (Lipinski definition) is 12. The minimum absolute atomic E-state index is 0.219. The summed E-state index contributed by atoms with van der Waals surface area (Å²) in [5.41, 5.74) is 1.99. The summed E-state index contributed by atoms with van der Waals surface area (Å²) in [5, 5.41) is 48.2. The van der Waals surface area contributed by atoms with Gasteiger partial charge in [0.1, 0.15) is 28.0 Å². The van der Waals surface area contributed by atoms with E-state index in [1.807, 2.05) is 19.9 Å². The average molecular weight is 503 g/mol. The van der Waals surface area contributed by atoms with E-state index in [1.54, 1.807) is 6.20 Å². The maximum absolute atomic E-state index is 10.6. The third-order valence-electron chi connectivity index (χ3n) is 6.81. The first-order valence-corrected chi connectivity index (χ1v) is 12.5. The predicted octanol–water partition coefficient (Wildman–Crippen LogP) is 0.843. The van der Waals surface area contributed by atoms with Crippen LogP contribution < -0.4 is 10.6 Å². The smallest absolute Gasteiger partial charge is 0.225 e. The number of aliphatic hydroxyl groups is 4. The summed E-state index contributed by atoms with van der Waals surface area (Å²) in [4.78, 5) is 18.4. The molecule has 35 heavy (non-hydrogen) atoms. The van der Waals surface area contributed by atoms with Crippen LogP contribution in [0.1, 0.15) is 24.2 Å². The van der Waals surface area contributed by atoms with E-state index in [0.717, 1.165) is 15.9 Å². The standard InChI is InChI=1S/C23H30N6O5S/c1-11-16(21-28-17-12(2)24-5-3-15(17)35-21)20(27-14-7-13(8-30)18(31)19(14)32)29-22(26-11)25-9-23(33)4-6-34-10-23/h3,5,13-14,18-19,30-33H,4,6-10H2,1-2H3,(H2,25,26,27,29)/t13-,14-,18-,19+,23?/m1/s1. The Bertz CT molecular complexity index is 1220. The molecule has 3 aromatic rings. The summed E-state index contributed by atoms with van der Waals surface area (Å²) in [6.45, 7) is 4.52. The molecule has 6 N–H and O–H groups in total. The number of nitrogens with zero attached hydrogens (tertiary/aromatic N) is 4. The lowest BCUT2D eigenvalue weighted by molar-refractivity contribution is 0.00446. The Hall–Kier alpha value is -2.48.